The molecule has 1 aromatic carbocycles. The topological polar surface area (TPSA) is 74.7 Å². The molecule has 1 N–H and O–H groups in total. The van der Waals surface area contributed by atoms with Gasteiger partial charge in [-0.15, -0.1) is 11.8 Å². The van der Waals surface area contributed by atoms with E-state index in [0.29, 0.717) is 11.4 Å². The van der Waals surface area contributed by atoms with Crippen LogP contribution in [-0.2, 0) is 14.8 Å². The van der Waals surface area contributed by atoms with Crippen LogP contribution in [0.2, 0.25) is 5.02 Å². The Kier molecular flexibility index (Phi) is 4.63. The molecule has 110 valence electrons. The molecule has 0 spiro atoms. The lowest BCUT2D eigenvalue weighted by Gasteiger charge is -2.25. The average molecular weight is 336 g/mol. The number of hydrogen-bond donors (Lipinski definition) is 1. The number of carbonyl (C=O) groups is 1. The summed E-state index contributed by atoms with van der Waals surface area (Å²) in [4.78, 5) is 11.3. The van der Waals surface area contributed by atoms with Crippen molar-refractivity contribution in [1.82, 2.24) is 4.31 Å². The molecule has 0 aliphatic carbocycles. The second kappa shape index (κ2) is 5.93. The molecule has 1 aliphatic rings. The molecule has 1 aromatic rings. The summed E-state index contributed by atoms with van der Waals surface area (Å²) in [6.45, 7) is 1.84. The van der Waals surface area contributed by atoms with Crippen LogP contribution < -0.4 is 0 Å². The van der Waals surface area contributed by atoms with E-state index in [1.165, 1.54) is 36.0 Å². The van der Waals surface area contributed by atoms with Crippen molar-refractivity contribution in [2.75, 3.05) is 5.75 Å². The van der Waals surface area contributed by atoms with Crippen LogP contribution in [0.3, 0.4) is 0 Å². The van der Waals surface area contributed by atoms with Gasteiger partial charge < -0.3 is 5.11 Å². The summed E-state index contributed by atoms with van der Waals surface area (Å²) >= 11 is 7.10. The Morgan fingerprint density at radius 2 is 2.05 bits per heavy atom. The normalized spacial score (nSPS) is 23.9. The molecule has 0 saturated carbocycles. The smallest absolute Gasteiger partial charge is 0.322 e. The van der Waals surface area contributed by atoms with Crippen LogP contribution in [0.4, 0.5) is 0 Å². The van der Waals surface area contributed by atoms with Gasteiger partial charge in [-0.1, -0.05) is 18.5 Å². The number of hydrogen-bond acceptors (Lipinski definition) is 4. The molecule has 0 radical (unpaired) electrons. The maximum Gasteiger partial charge on any atom is 0.322 e. The van der Waals surface area contributed by atoms with Crippen LogP contribution in [0.5, 0.6) is 0 Å². The Morgan fingerprint density at radius 3 is 2.55 bits per heavy atom. The first-order valence-electron chi connectivity index (χ1n) is 6.01. The van der Waals surface area contributed by atoms with Crippen molar-refractivity contribution in [3.63, 3.8) is 0 Å². The van der Waals surface area contributed by atoms with Gasteiger partial charge in [0.15, 0.2) is 0 Å². The summed E-state index contributed by atoms with van der Waals surface area (Å²) < 4.78 is 26.4. The fourth-order valence-corrected chi connectivity index (χ4v) is 5.74. The summed E-state index contributed by atoms with van der Waals surface area (Å²) in [6.07, 6.45) is 0.557. The maximum atomic E-state index is 12.6. The highest BCUT2D eigenvalue weighted by Crippen LogP contribution is 2.36. The van der Waals surface area contributed by atoms with Gasteiger partial charge in [0, 0.05) is 10.8 Å². The third-order valence-corrected chi connectivity index (χ3v) is 6.83. The Bertz CT molecular complexity index is 602. The fourth-order valence-electron chi connectivity index (χ4n) is 2.08. The molecule has 5 nitrogen and oxygen atoms in total. The van der Waals surface area contributed by atoms with Crippen molar-refractivity contribution in [3.8, 4) is 0 Å². The SMILES string of the molecule is CCC1SCC(C(=O)O)N1S(=O)(=O)c1ccc(Cl)cc1. The minimum atomic E-state index is -3.84. The highest BCUT2D eigenvalue weighted by Gasteiger charge is 2.45. The Hall–Kier alpha value is -0.760. The summed E-state index contributed by atoms with van der Waals surface area (Å²) in [5, 5.41) is 9.29. The van der Waals surface area contributed by atoms with Gasteiger partial charge in [-0.25, -0.2) is 8.42 Å². The van der Waals surface area contributed by atoms with E-state index in [1.807, 2.05) is 6.92 Å². The number of rotatable bonds is 4. The molecule has 8 heteroatoms. The molecule has 2 atom stereocenters. The monoisotopic (exact) mass is 335 g/mol. The Labute approximate surface area is 127 Å². The standard InChI is InChI=1S/C12H14ClNO4S2/c1-2-11-14(10(7-19-11)12(15)16)20(17,18)9-5-3-8(13)4-6-9/h3-6,10-11H,2,7H2,1H3,(H,15,16). The van der Waals surface area contributed by atoms with Gasteiger partial charge in [-0.2, -0.15) is 4.31 Å². The second-order valence-corrected chi connectivity index (χ2v) is 7.83. The van der Waals surface area contributed by atoms with Gasteiger partial charge in [0.05, 0.1) is 10.3 Å². The van der Waals surface area contributed by atoms with Crippen molar-refractivity contribution < 1.29 is 18.3 Å². The number of aliphatic carboxylic acids is 1. The zero-order valence-electron chi connectivity index (χ0n) is 10.7. The van der Waals surface area contributed by atoms with E-state index < -0.39 is 22.0 Å². The second-order valence-electron chi connectivity index (χ2n) is 4.34. The van der Waals surface area contributed by atoms with E-state index in [9.17, 15) is 18.3 Å². The molecule has 0 amide bonds. The highest BCUT2D eigenvalue weighted by atomic mass is 35.5. The molecule has 1 heterocycles. The van der Waals surface area contributed by atoms with Crippen molar-refractivity contribution in [2.24, 2.45) is 0 Å². The van der Waals surface area contributed by atoms with E-state index in [0.717, 1.165) is 4.31 Å². The first-order chi connectivity index (χ1) is 9.37. The van der Waals surface area contributed by atoms with Gasteiger partial charge in [-0.05, 0) is 30.7 Å². The lowest BCUT2D eigenvalue weighted by molar-refractivity contribution is -0.140. The number of benzene rings is 1. The highest BCUT2D eigenvalue weighted by molar-refractivity contribution is 8.01. The summed E-state index contributed by atoms with van der Waals surface area (Å²) in [5.74, 6) is -0.855. The quantitative estimate of drug-likeness (QED) is 0.913. The van der Waals surface area contributed by atoms with E-state index in [1.54, 1.807) is 0 Å². The number of carboxylic acids is 1. The predicted octanol–water partition coefficient (Wildman–Crippen LogP) is 2.27. The number of carboxylic acid groups (broad SMARTS) is 1. The van der Waals surface area contributed by atoms with Crippen molar-refractivity contribution in [2.45, 2.75) is 29.7 Å². The van der Waals surface area contributed by atoms with Gasteiger partial charge in [0.25, 0.3) is 0 Å². The third-order valence-electron chi connectivity index (χ3n) is 3.06. The zero-order chi connectivity index (χ0) is 14.9. The lowest BCUT2D eigenvalue weighted by Crippen LogP contribution is -2.45. The summed E-state index contributed by atoms with van der Waals surface area (Å²) in [5.41, 5.74) is 0. The molecule has 0 bridgehead atoms. The molecule has 20 heavy (non-hydrogen) atoms. The molecule has 1 aliphatic heterocycles. The van der Waals surface area contributed by atoms with Gasteiger partial charge in [-0.3, -0.25) is 4.79 Å². The van der Waals surface area contributed by atoms with E-state index in [2.05, 4.69) is 0 Å². The largest absolute Gasteiger partial charge is 0.480 e. The van der Waals surface area contributed by atoms with Crippen LogP contribution in [0, 0.1) is 0 Å². The fraction of sp³-hybridized carbons (Fsp3) is 0.417. The van der Waals surface area contributed by atoms with E-state index in [4.69, 9.17) is 11.6 Å². The number of nitrogens with zero attached hydrogens (tertiary/aromatic N) is 1. The van der Waals surface area contributed by atoms with Crippen LogP contribution in [0.25, 0.3) is 0 Å². The Balaban J connectivity index is 2.44. The van der Waals surface area contributed by atoms with Crippen LogP contribution >= 0.6 is 23.4 Å². The van der Waals surface area contributed by atoms with Crippen LogP contribution in [0.1, 0.15) is 13.3 Å². The third kappa shape index (κ3) is 2.81. The van der Waals surface area contributed by atoms with Crippen molar-refractivity contribution in [3.05, 3.63) is 29.3 Å². The molecule has 2 rings (SSSR count). The first-order valence-corrected chi connectivity index (χ1v) is 8.88. The van der Waals surface area contributed by atoms with Crippen LogP contribution in [-0.4, -0.2) is 41.0 Å². The minimum absolute atomic E-state index is 0.0640. The Morgan fingerprint density at radius 1 is 1.45 bits per heavy atom. The summed E-state index contributed by atoms with van der Waals surface area (Å²) in [7, 11) is -3.84. The molecular formula is C12H14ClNO4S2. The van der Waals surface area contributed by atoms with Gasteiger partial charge in [0.1, 0.15) is 6.04 Å². The molecular weight excluding hydrogens is 322 g/mol. The maximum absolute atomic E-state index is 12.6. The molecule has 1 saturated heterocycles. The molecule has 0 aromatic heterocycles. The van der Waals surface area contributed by atoms with Crippen LogP contribution in [0.15, 0.2) is 29.2 Å². The predicted molar refractivity (Wildman–Crippen MR) is 78.4 cm³/mol. The lowest BCUT2D eigenvalue weighted by atomic mass is 10.3. The van der Waals surface area contributed by atoms with E-state index >= 15 is 0 Å². The van der Waals surface area contributed by atoms with Gasteiger partial charge >= 0.3 is 5.97 Å². The molecule has 2 unspecified atom stereocenters. The number of thioether (sulfide) groups is 1. The van der Waals surface area contributed by atoms with E-state index in [-0.39, 0.29) is 16.0 Å². The minimum Gasteiger partial charge on any atom is -0.480 e. The number of halogens is 1. The first kappa shape index (κ1) is 15.6. The van der Waals surface area contributed by atoms with Gasteiger partial charge in [0.2, 0.25) is 10.0 Å². The zero-order valence-corrected chi connectivity index (χ0v) is 13.1. The average Bonchev–Trinajstić information content (AvgIpc) is 2.84. The number of sulfonamides is 1. The molecule has 1 fully saturated rings. The summed E-state index contributed by atoms with van der Waals surface area (Å²) in [6, 6.07) is 4.73. The van der Waals surface area contributed by atoms with Crippen molar-refractivity contribution >= 4 is 39.4 Å². The van der Waals surface area contributed by atoms with Crippen molar-refractivity contribution in [1.29, 1.82) is 0 Å².